The lowest BCUT2D eigenvalue weighted by molar-refractivity contribution is 0.556. The summed E-state index contributed by atoms with van der Waals surface area (Å²) in [5.41, 5.74) is 2.93. The molecule has 0 nitrogen and oxygen atoms in total. The van der Waals surface area contributed by atoms with E-state index in [1.165, 1.54) is 30.4 Å². The molecular weight excluding hydrogens is 192 g/mol. The Morgan fingerprint density at radius 1 is 0.938 bits per heavy atom. The van der Waals surface area contributed by atoms with Gasteiger partial charge in [0.25, 0.3) is 0 Å². The van der Waals surface area contributed by atoms with Gasteiger partial charge in [-0.2, -0.15) is 0 Å². The second-order valence-corrected chi connectivity index (χ2v) is 4.46. The van der Waals surface area contributed by atoms with Gasteiger partial charge in [-0.15, -0.1) is 0 Å². The lowest BCUT2D eigenvalue weighted by atomic mass is 10.0. The highest BCUT2D eigenvalue weighted by molar-refractivity contribution is 5.22. The fourth-order valence-corrected chi connectivity index (χ4v) is 1.66. The second-order valence-electron chi connectivity index (χ2n) is 4.46. The van der Waals surface area contributed by atoms with E-state index in [9.17, 15) is 0 Å². The van der Waals surface area contributed by atoms with E-state index in [4.69, 9.17) is 0 Å². The molecule has 92 valence electrons. The van der Waals surface area contributed by atoms with Gasteiger partial charge in [0.05, 0.1) is 0 Å². The molecule has 0 saturated heterocycles. The summed E-state index contributed by atoms with van der Waals surface area (Å²) in [6.07, 6.45) is 5.05. The van der Waals surface area contributed by atoms with Gasteiger partial charge in [-0.25, -0.2) is 0 Å². The number of hydrogen-bond acceptors (Lipinski definition) is 0. The Hall–Kier alpha value is -0.780. The molecule has 0 fully saturated rings. The summed E-state index contributed by atoms with van der Waals surface area (Å²) in [6.45, 7) is 10.8. The van der Waals surface area contributed by atoms with Crippen LogP contribution in [0.5, 0.6) is 0 Å². The first-order valence-corrected chi connectivity index (χ1v) is 6.80. The van der Waals surface area contributed by atoms with Gasteiger partial charge in [-0.05, 0) is 36.3 Å². The Bertz CT molecular complexity index is 243. The predicted octanol–water partition coefficient (Wildman–Crippen LogP) is 5.25. The van der Waals surface area contributed by atoms with Gasteiger partial charge in [0, 0.05) is 0 Å². The van der Waals surface area contributed by atoms with Crippen molar-refractivity contribution < 1.29 is 0 Å². The maximum Gasteiger partial charge on any atom is -0.0279 e. The lowest BCUT2D eigenvalue weighted by Crippen LogP contribution is -1.91. The third kappa shape index (κ3) is 6.66. The lowest BCUT2D eigenvalue weighted by Gasteiger charge is -2.05. The molecular formula is C16H28. The van der Waals surface area contributed by atoms with Crippen LogP contribution in [0.2, 0.25) is 0 Å². The minimum atomic E-state index is 0.838. The van der Waals surface area contributed by atoms with Crippen LogP contribution >= 0.6 is 0 Å². The average Bonchev–Trinajstić information content (AvgIpc) is 2.32. The Labute approximate surface area is 102 Å². The molecule has 0 unspecified atom stereocenters. The van der Waals surface area contributed by atoms with Crippen LogP contribution in [-0.2, 0) is 12.8 Å². The SMILES string of the molecule is CC.CCc1ccc(CCCC(C)C)cc1. The Morgan fingerprint density at radius 2 is 1.44 bits per heavy atom. The molecule has 1 aromatic rings. The van der Waals surface area contributed by atoms with E-state index in [1.54, 1.807) is 0 Å². The van der Waals surface area contributed by atoms with Crippen LogP contribution in [0.15, 0.2) is 24.3 Å². The molecule has 0 amide bonds. The Kier molecular flexibility index (Phi) is 8.99. The topological polar surface area (TPSA) is 0 Å². The average molecular weight is 220 g/mol. The highest BCUT2D eigenvalue weighted by atomic mass is 14.0. The predicted molar refractivity (Wildman–Crippen MR) is 74.9 cm³/mol. The van der Waals surface area contributed by atoms with Crippen molar-refractivity contribution in [3.63, 3.8) is 0 Å². The second kappa shape index (κ2) is 9.45. The smallest absolute Gasteiger partial charge is 0.0279 e. The van der Waals surface area contributed by atoms with Gasteiger partial charge in [0.15, 0.2) is 0 Å². The van der Waals surface area contributed by atoms with Crippen LogP contribution in [0.4, 0.5) is 0 Å². The van der Waals surface area contributed by atoms with Gasteiger partial charge in [0.2, 0.25) is 0 Å². The van der Waals surface area contributed by atoms with E-state index in [-0.39, 0.29) is 0 Å². The van der Waals surface area contributed by atoms with E-state index in [0.29, 0.717) is 0 Å². The fraction of sp³-hybridized carbons (Fsp3) is 0.625. The van der Waals surface area contributed by atoms with Crippen molar-refractivity contribution in [2.24, 2.45) is 5.92 Å². The first kappa shape index (κ1) is 15.2. The molecule has 0 spiro atoms. The van der Waals surface area contributed by atoms with Gasteiger partial charge >= 0.3 is 0 Å². The van der Waals surface area contributed by atoms with Crippen molar-refractivity contribution in [3.05, 3.63) is 35.4 Å². The molecule has 16 heavy (non-hydrogen) atoms. The van der Waals surface area contributed by atoms with Crippen LogP contribution in [-0.4, -0.2) is 0 Å². The van der Waals surface area contributed by atoms with E-state index in [1.807, 2.05) is 13.8 Å². The third-order valence-corrected chi connectivity index (χ3v) is 2.68. The van der Waals surface area contributed by atoms with E-state index in [0.717, 1.165) is 12.3 Å². The van der Waals surface area contributed by atoms with E-state index >= 15 is 0 Å². The Balaban J connectivity index is 0.00000106. The minimum absolute atomic E-state index is 0.838. The molecule has 0 N–H and O–H groups in total. The van der Waals surface area contributed by atoms with Crippen LogP contribution in [0.3, 0.4) is 0 Å². The largest absolute Gasteiger partial charge is 0.0683 e. The molecule has 0 radical (unpaired) electrons. The van der Waals surface area contributed by atoms with Gasteiger partial charge < -0.3 is 0 Å². The molecule has 1 aromatic carbocycles. The molecule has 0 aliphatic rings. The number of hydrogen-bond donors (Lipinski definition) is 0. The summed E-state index contributed by atoms with van der Waals surface area (Å²) in [5, 5.41) is 0. The van der Waals surface area contributed by atoms with Crippen LogP contribution in [0, 0.1) is 5.92 Å². The summed E-state index contributed by atoms with van der Waals surface area (Å²) < 4.78 is 0. The van der Waals surface area contributed by atoms with Gasteiger partial charge in [0.1, 0.15) is 0 Å². The van der Waals surface area contributed by atoms with Crippen molar-refractivity contribution in [1.29, 1.82) is 0 Å². The Morgan fingerprint density at radius 3 is 1.88 bits per heavy atom. The molecule has 0 atom stereocenters. The van der Waals surface area contributed by atoms with Crippen molar-refractivity contribution in [1.82, 2.24) is 0 Å². The van der Waals surface area contributed by atoms with Crippen molar-refractivity contribution >= 4 is 0 Å². The summed E-state index contributed by atoms with van der Waals surface area (Å²) in [7, 11) is 0. The molecule has 0 saturated carbocycles. The van der Waals surface area contributed by atoms with Crippen LogP contribution in [0.1, 0.15) is 58.6 Å². The summed E-state index contributed by atoms with van der Waals surface area (Å²) >= 11 is 0. The highest BCUT2D eigenvalue weighted by Gasteiger charge is 1.96. The molecule has 0 aromatic heterocycles. The van der Waals surface area contributed by atoms with Crippen molar-refractivity contribution in [2.75, 3.05) is 0 Å². The van der Waals surface area contributed by atoms with Gasteiger partial charge in [-0.3, -0.25) is 0 Å². The van der Waals surface area contributed by atoms with Gasteiger partial charge in [-0.1, -0.05) is 65.3 Å². The first-order valence-electron chi connectivity index (χ1n) is 6.80. The quantitative estimate of drug-likeness (QED) is 0.635. The fourth-order valence-electron chi connectivity index (χ4n) is 1.66. The van der Waals surface area contributed by atoms with Crippen molar-refractivity contribution in [3.8, 4) is 0 Å². The molecule has 0 bridgehead atoms. The first-order chi connectivity index (χ1) is 7.72. The maximum absolute atomic E-state index is 2.29. The van der Waals surface area contributed by atoms with E-state index in [2.05, 4.69) is 45.0 Å². The monoisotopic (exact) mass is 220 g/mol. The molecule has 0 aliphatic carbocycles. The standard InChI is InChI=1S/C14H22.C2H6/c1-4-13-8-10-14(11-9-13)7-5-6-12(2)3;1-2/h8-12H,4-7H2,1-3H3;1-2H3. The summed E-state index contributed by atoms with van der Waals surface area (Å²) in [6, 6.07) is 9.06. The minimum Gasteiger partial charge on any atom is -0.0683 e. The third-order valence-electron chi connectivity index (χ3n) is 2.68. The zero-order chi connectivity index (χ0) is 12.4. The summed E-state index contributed by atoms with van der Waals surface area (Å²) in [4.78, 5) is 0. The van der Waals surface area contributed by atoms with Crippen LogP contribution < -0.4 is 0 Å². The summed E-state index contributed by atoms with van der Waals surface area (Å²) in [5.74, 6) is 0.838. The molecule has 1 rings (SSSR count). The van der Waals surface area contributed by atoms with Crippen molar-refractivity contribution in [2.45, 2.75) is 60.3 Å². The molecule has 0 aliphatic heterocycles. The highest BCUT2D eigenvalue weighted by Crippen LogP contribution is 2.11. The number of benzene rings is 1. The van der Waals surface area contributed by atoms with E-state index < -0.39 is 0 Å². The molecule has 0 heterocycles. The number of rotatable bonds is 5. The molecule has 0 heteroatoms. The normalized spacial score (nSPS) is 9.88. The zero-order valence-corrected chi connectivity index (χ0v) is 11.7. The van der Waals surface area contributed by atoms with Crippen LogP contribution in [0.25, 0.3) is 0 Å². The zero-order valence-electron chi connectivity index (χ0n) is 11.7. The maximum atomic E-state index is 2.29. The number of aryl methyl sites for hydroxylation is 2.